The topological polar surface area (TPSA) is 103 Å². The van der Waals surface area contributed by atoms with Crippen LogP contribution in [0.25, 0.3) is 0 Å². The Morgan fingerprint density at radius 1 is 1.43 bits per heavy atom. The van der Waals surface area contributed by atoms with Gasteiger partial charge in [0.25, 0.3) is 5.56 Å². The first kappa shape index (κ1) is 17.2. The van der Waals surface area contributed by atoms with E-state index in [0.29, 0.717) is 7.96 Å². The molecule has 0 saturated carbocycles. The van der Waals surface area contributed by atoms with E-state index in [4.69, 9.17) is 9.26 Å². The maximum absolute atomic E-state index is 12.0. The molecule has 7 atom stereocenters. The van der Waals surface area contributed by atoms with Crippen LogP contribution >= 0.6 is 25.4 Å². The minimum Gasteiger partial charge on any atom is -0.387 e. The molecule has 0 bridgehead atoms. The number of aliphatic hydroxyl groups is 2. The summed E-state index contributed by atoms with van der Waals surface area (Å²) < 4.78 is 12.8. The zero-order valence-corrected chi connectivity index (χ0v) is 14.3. The van der Waals surface area contributed by atoms with Crippen molar-refractivity contribution >= 4 is 25.4 Å². The molecule has 8 nitrogen and oxygen atoms in total. The molecule has 0 amide bonds. The van der Waals surface area contributed by atoms with E-state index in [2.05, 4.69) is 8.93 Å². The van der Waals surface area contributed by atoms with Gasteiger partial charge in [-0.2, -0.15) is 0 Å². The highest BCUT2D eigenvalue weighted by Gasteiger charge is 2.44. The van der Waals surface area contributed by atoms with Crippen molar-refractivity contribution in [1.82, 2.24) is 9.13 Å². The summed E-state index contributed by atoms with van der Waals surface area (Å²) in [5.74, 6) is 0. The van der Waals surface area contributed by atoms with E-state index in [9.17, 15) is 19.8 Å². The SMILES string of the molecule is Cn1c(=O)ccn([C@@H]2O[C@H](COPPP)C(O)[C@@H]2O)c1=O. The average Bonchev–Trinajstić information content (AvgIpc) is 2.74. The Balaban J connectivity index is 2.20. The predicted molar refractivity (Wildman–Crippen MR) is 84.2 cm³/mol. The lowest BCUT2D eigenvalue weighted by molar-refractivity contribution is -0.0504. The van der Waals surface area contributed by atoms with E-state index in [-0.39, 0.29) is 15.1 Å². The number of aromatic nitrogens is 2. The standard InChI is InChI=1S/C10H17N2O6P3/c1-11-6(13)2-3-12(10(11)16)9-8(15)7(14)5(18-9)4-17-20-21-19/h2-3,5,7-9,14-15,20-21H,4,19H2,1H3/t5-,7?,8+,9-/m1/s1. The van der Waals surface area contributed by atoms with Gasteiger partial charge in [-0.1, -0.05) is 7.96 Å². The maximum atomic E-state index is 12.0. The van der Waals surface area contributed by atoms with Gasteiger partial charge in [-0.15, -0.1) is 8.93 Å². The van der Waals surface area contributed by atoms with Crippen molar-refractivity contribution < 1.29 is 19.5 Å². The Labute approximate surface area is 126 Å². The van der Waals surface area contributed by atoms with Crippen molar-refractivity contribution in [3.05, 3.63) is 33.1 Å². The highest BCUT2D eigenvalue weighted by molar-refractivity contribution is 8.37. The number of nitrogens with zero attached hydrogens (tertiary/aromatic N) is 2. The monoisotopic (exact) mass is 354 g/mol. The number of hydrogen-bond acceptors (Lipinski definition) is 6. The summed E-state index contributed by atoms with van der Waals surface area (Å²) in [6, 6.07) is 1.20. The number of rotatable bonds is 5. The lowest BCUT2D eigenvalue weighted by Crippen LogP contribution is -2.41. The number of hydrogen-bond donors (Lipinski definition) is 2. The first-order chi connectivity index (χ1) is 9.97. The largest absolute Gasteiger partial charge is 0.387 e. The van der Waals surface area contributed by atoms with Crippen molar-refractivity contribution in [3.63, 3.8) is 0 Å². The lowest BCUT2D eigenvalue weighted by atomic mass is 10.1. The number of aliphatic hydroxyl groups excluding tert-OH is 2. The van der Waals surface area contributed by atoms with Crippen LogP contribution in [0.5, 0.6) is 0 Å². The molecule has 0 aromatic carbocycles. The molecule has 2 N–H and O–H groups in total. The van der Waals surface area contributed by atoms with Gasteiger partial charge in [-0.3, -0.25) is 13.9 Å². The molecule has 2 rings (SSSR count). The van der Waals surface area contributed by atoms with Crippen LogP contribution in [0.15, 0.2) is 21.9 Å². The van der Waals surface area contributed by atoms with Gasteiger partial charge in [0, 0.05) is 27.8 Å². The van der Waals surface area contributed by atoms with Gasteiger partial charge in [0.05, 0.1) is 6.61 Å². The molecule has 0 aliphatic carbocycles. The van der Waals surface area contributed by atoms with Crippen LogP contribution in [0.2, 0.25) is 0 Å². The number of ether oxygens (including phenoxy) is 1. The molecule has 2 heterocycles. The smallest absolute Gasteiger partial charge is 0.332 e. The van der Waals surface area contributed by atoms with Crippen LogP contribution in [0.4, 0.5) is 0 Å². The van der Waals surface area contributed by atoms with Crippen LogP contribution in [0.1, 0.15) is 6.23 Å². The molecular weight excluding hydrogens is 337 g/mol. The molecule has 0 spiro atoms. The molecule has 118 valence electrons. The predicted octanol–water partition coefficient (Wildman–Crippen LogP) is -0.840. The second-order valence-electron chi connectivity index (χ2n) is 4.51. The fourth-order valence-corrected chi connectivity index (χ4v) is 3.62. The van der Waals surface area contributed by atoms with Gasteiger partial charge < -0.3 is 19.5 Å². The van der Waals surface area contributed by atoms with Crippen LogP contribution in [0.3, 0.4) is 0 Å². The Morgan fingerprint density at radius 2 is 2.14 bits per heavy atom. The van der Waals surface area contributed by atoms with Crippen molar-refractivity contribution in [2.24, 2.45) is 7.05 Å². The first-order valence-electron chi connectivity index (χ1n) is 6.09. The Kier molecular flexibility index (Phi) is 6.04. The molecule has 1 fully saturated rings. The second kappa shape index (κ2) is 7.38. The summed E-state index contributed by atoms with van der Waals surface area (Å²) in [5.41, 5.74) is -1.07. The Hall–Kier alpha value is -0.190. The minimum atomic E-state index is -1.27. The molecule has 1 aromatic heterocycles. The Bertz CT molecular complexity index is 605. The van der Waals surface area contributed by atoms with Gasteiger partial charge in [-0.25, -0.2) is 4.79 Å². The molecule has 1 aliphatic rings. The van der Waals surface area contributed by atoms with E-state index in [1.807, 2.05) is 0 Å². The Morgan fingerprint density at radius 3 is 2.81 bits per heavy atom. The zero-order valence-electron chi connectivity index (χ0n) is 11.2. The summed E-state index contributed by atoms with van der Waals surface area (Å²) in [6.45, 7) is 0.134. The fraction of sp³-hybridized carbons (Fsp3) is 0.600. The molecule has 0 radical (unpaired) electrons. The third-order valence-corrected chi connectivity index (χ3v) is 5.48. The third kappa shape index (κ3) is 3.59. The van der Waals surface area contributed by atoms with Crippen molar-refractivity contribution in [1.29, 1.82) is 0 Å². The molecule has 21 heavy (non-hydrogen) atoms. The molecule has 1 saturated heterocycles. The first-order valence-corrected chi connectivity index (χ1v) is 10.8. The summed E-state index contributed by atoms with van der Waals surface area (Å²) >= 11 is 0. The molecule has 11 heteroatoms. The van der Waals surface area contributed by atoms with Crippen LogP contribution in [-0.4, -0.2) is 44.3 Å². The maximum Gasteiger partial charge on any atom is 0.332 e. The van der Waals surface area contributed by atoms with E-state index in [1.54, 1.807) is 0 Å². The highest BCUT2D eigenvalue weighted by Crippen LogP contribution is 2.44. The van der Waals surface area contributed by atoms with Crippen molar-refractivity contribution in [2.75, 3.05) is 6.61 Å². The summed E-state index contributed by atoms with van der Waals surface area (Å²) in [4.78, 5) is 23.4. The van der Waals surface area contributed by atoms with Gasteiger partial charge in [0.2, 0.25) is 0 Å². The fourth-order valence-electron chi connectivity index (χ4n) is 2.04. The summed E-state index contributed by atoms with van der Waals surface area (Å²) in [6.07, 6.45) is -2.94. The summed E-state index contributed by atoms with van der Waals surface area (Å²) in [7, 11) is 4.72. The zero-order chi connectivity index (χ0) is 15.6. The van der Waals surface area contributed by atoms with Gasteiger partial charge in [-0.05, 0) is 0 Å². The van der Waals surface area contributed by atoms with Gasteiger partial charge in [0.15, 0.2) is 6.23 Å². The third-order valence-electron chi connectivity index (χ3n) is 3.21. The van der Waals surface area contributed by atoms with E-state index in [1.165, 1.54) is 19.3 Å². The van der Waals surface area contributed by atoms with E-state index < -0.39 is 35.8 Å². The van der Waals surface area contributed by atoms with Crippen molar-refractivity contribution in [2.45, 2.75) is 24.5 Å². The highest BCUT2D eigenvalue weighted by atomic mass is 32.4. The van der Waals surface area contributed by atoms with Crippen LogP contribution in [-0.2, 0) is 16.3 Å². The van der Waals surface area contributed by atoms with Gasteiger partial charge >= 0.3 is 5.69 Å². The second-order valence-corrected chi connectivity index (χ2v) is 9.36. The molecule has 1 aromatic rings. The molecular formula is C10H17N2O6P3. The molecule has 1 aliphatic heterocycles. The minimum absolute atomic E-state index is 0.134. The van der Waals surface area contributed by atoms with E-state index >= 15 is 0 Å². The average molecular weight is 354 g/mol. The van der Waals surface area contributed by atoms with Crippen molar-refractivity contribution in [3.8, 4) is 0 Å². The molecule has 4 unspecified atom stereocenters. The van der Waals surface area contributed by atoms with Crippen LogP contribution < -0.4 is 11.2 Å². The summed E-state index contributed by atoms with van der Waals surface area (Å²) in [5, 5.41) is 20.0. The van der Waals surface area contributed by atoms with Gasteiger partial charge in [0.1, 0.15) is 18.3 Å². The normalized spacial score (nSPS) is 30.1. The van der Waals surface area contributed by atoms with Crippen LogP contribution in [0, 0.1) is 0 Å². The lowest BCUT2D eigenvalue weighted by Gasteiger charge is -2.17. The van der Waals surface area contributed by atoms with E-state index in [0.717, 1.165) is 9.13 Å². The quantitative estimate of drug-likeness (QED) is 0.528.